The summed E-state index contributed by atoms with van der Waals surface area (Å²) in [6.45, 7) is 5.21. The maximum atomic E-state index is 16.1. The molecular formula is C35H31F4N5O3S2. The van der Waals surface area contributed by atoms with Gasteiger partial charge in [0, 0.05) is 89.7 Å². The number of aromatic nitrogens is 3. The van der Waals surface area contributed by atoms with E-state index in [0.717, 1.165) is 34.0 Å². The van der Waals surface area contributed by atoms with Crippen LogP contribution >= 0.6 is 22.7 Å². The minimum atomic E-state index is -2.44. The maximum absolute atomic E-state index is 16.1. The van der Waals surface area contributed by atoms with Crippen molar-refractivity contribution in [1.29, 1.82) is 0 Å². The minimum absolute atomic E-state index is 0.00121. The van der Waals surface area contributed by atoms with Crippen molar-refractivity contribution in [3.8, 4) is 38.8 Å². The summed E-state index contributed by atoms with van der Waals surface area (Å²) in [4.78, 5) is 31.5. The molecule has 0 unspecified atom stereocenters. The summed E-state index contributed by atoms with van der Waals surface area (Å²) in [5.41, 5.74) is 4.57. The number of alkyl halides is 2. The van der Waals surface area contributed by atoms with Gasteiger partial charge in [-0.25, -0.2) is 27.5 Å². The summed E-state index contributed by atoms with van der Waals surface area (Å²) in [5, 5.41) is 3.09. The zero-order valence-corrected chi connectivity index (χ0v) is 28.1. The lowest BCUT2D eigenvalue weighted by Crippen LogP contribution is -2.34. The molecule has 0 saturated carbocycles. The van der Waals surface area contributed by atoms with Crippen LogP contribution in [0.4, 0.5) is 17.6 Å². The predicted octanol–water partition coefficient (Wildman–Crippen LogP) is 7.15. The van der Waals surface area contributed by atoms with Gasteiger partial charge in [0.1, 0.15) is 34.7 Å². The van der Waals surface area contributed by atoms with Crippen molar-refractivity contribution in [1.82, 2.24) is 24.8 Å². The number of halogens is 4. The number of thiazole rings is 1. The molecule has 0 radical (unpaired) electrons. The number of nitrogens with zero attached hydrogens (tertiary/aromatic N) is 5. The molecule has 1 aromatic carbocycles. The van der Waals surface area contributed by atoms with Crippen LogP contribution in [-0.2, 0) is 35.5 Å². The van der Waals surface area contributed by atoms with E-state index in [4.69, 9.17) is 24.4 Å². The Morgan fingerprint density at radius 1 is 1.06 bits per heavy atom. The number of hydrogen-bond acceptors (Lipinski definition) is 9. The molecule has 0 bridgehead atoms. The monoisotopic (exact) mass is 709 g/mol. The van der Waals surface area contributed by atoms with Crippen LogP contribution in [0.25, 0.3) is 43.2 Å². The highest BCUT2D eigenvalue weighted by Gasteiger charge is 2.30. The molecule has 49 heavy (non-hydrogen) atoms. The number of rotatable bonds is 10. The third kappa shape index (κ3) is 6.57. The van der Waals surface area contributed by atoms with Crippen molar-refractivity contribution in [2.24, 2.45) is 0 Å². The van der Waals surface area contributed by atoms with Crippen molar-refractivity contribution in [2.45, 2.75) is 32.4 Å². The Morgan fingerprint density at radius 3 is 2.69 bits per heavy atom. The van der Waals surface area contributed by atoms with Crippen LogP contribution in [0.2, 0.25) is 0 Å². The normalized spacial score (nSPS) is 14.7. The zero-order valence-electron chi connectivity index (χ0n) is 26.5. The van der Waals surface area contributed by atoms with Crippen molar-refractivity contribution in [3.05, 3.63) is 82.0 Å². The van der Waals surface area contributed by atoms with E-state index in [2.05, 4.69) is 6.58 Å². The van der Waals surface area contributed by atoms with Gasteiger partial charge in [-0.15, -0.1) is 22.7 Å². The van der Waals surface area contributed by atoms with Crippen LogP contribution in [0.15, 0.2) is 48.5 Å². The molecule has 2 aliphatic heterocycles. The molecule has 0 spiro atoms. The lowest BCUT2D eigenvalue weighted by Gasteiger charge is -2.28. The summed E-state index contributed by atoms with van der Waals surface area (Å²) in [5.74, 6) is -1.80. The molecule has 0 atom stereocenters. The first-order valence-corrected chi connectivity index (χ1v) is 17.3. The van der Waals surface area contributed by atoms with Crippen LogP contribution in [-0.4, -0.2) is 77.0 Å². The molecule has 0 aliphatic carbocycles. The number of amides is 1. The van der Waals surface area contributed by atoms with Gasteiger partial charge in [0.2, 0.25) is 5.91 Å². The lowest BCUT2D eigenvalue weighted by molar-refractivity contribution is -0.126. The summed E-state index contributed by atoms with van der Waals surface area (Å²) in [6, 6.07) is 5.79. The fraction of sp³-hybridized carbons (Fsp3) is 0.314. The van der Waals surface area contributed by atoms with E-state index in [0.29, 0.717) is 76.6 Å². The SMILES string of the molecule is C=CC(=O)N1CCc2nc(-c3nc(-c4cnc5c(c4)CN(CC(F)F)CC5)c4ccsc4c3-c3c(F)cc(F)cc3OCCOC)sc2C1. The third-order valence-corrected chi connectivity index (χ3v) is 10.7. The highest BCUT2D eigenvalue weighted by atomic mass is 32.1. The fourth-order valence-corrected chi connectivity index (χ4v) is 8.42. The average Bonchev–Trinajstić information content (AvgIpc) is 3.74. The summed E-state index contributed by atoms with van der Waals surface area (Å²) >= 11 is 2.74. The molecule has 4 aromatic heterocycles. The van der Waals surface area contributed by atoms with Gasteiger partial charge >= 0.3 is 0 Å². The van der Waals surface area contributed by atoms with Gasteiger partial charge < -0.3 is 14.4 Å². The van der Waals surface area contributed by atoms with E-state index < -0.39 is 18.1 Å². The highest BCUT2D eigenvalue weighted by molar-refractivity contribution is 7.18. The Bertz CT molecular complexity index is 2070. The van der Waals surface area contributed by atoms with Gasteiger partial charge in [0.25, 0.3) is 6.43 Å². The van der Waals surface area contributed by atoms with Gasteiger partial charge in [0.05, 0.1) is 36.6 Å². The fourth-order valence-electron chi connectivity index (χ4n) is 6.35. The molecule has 0 saturated heterocycles. The summed E-state index contributed by atoms with van der Waals surface area (Å²) in [7, 11) is 1.51. The molecule has 14 heteroatoms. The van der Waals surface area contributed by atoms with E-state index >= 15 is 4.39 Å². The Balaban J connectivity index is 1.43. The number of pyridine rings is 2. The molecule has 5 aromatic rings. The molecule has 0 N–H and O–H groups in total. The van der Waals surface area contributed by atoms with Crippen LogP contribution in [0.5, 0.6) is 5.75 Å². The third-order valence-electron chi connectivity index (χ3n) is 8.63. The van der Waals surface area contributed by atoms with Crippen LogP contribution < -0.4 is 4.74 Å². The second kappa shape index (κ2) is 13.9. The Hall–Kier alpha value is -4.24. The van der Waals surface area contributed by atoms with E-state index in [1.54, 1.807) is 16.0 Å². The molecule has 254 valence electrons. The number of methoxy groups -OCH3 is 1. The Morgan fingerprint density at radius 2 is 1.90 bits per heavy atom. The number of thiophene rings is 1. The van der Waals surface area contributed by atoms with Gasteiger partial charge in [0.15, 0.2) is 0 Å². The van der Waals surface area contributed by atoms with E-state index in [9.17, 15) is 18.0 Å². The van der Waals surface area contributed by atoms with Crippen LogP contribution in [0.1, 0.15) is 21.8 Å². The topological polar surface area (TPSA) is 80.7 Å². The first-order valence-electron chi connectivity index (χ1n) is 15.6. The standard InChI is InChI=1S/C35H31F4N5O3S2/c1-3-29(45)44-8-5-25-27(17-44)49-35(41-25)33-31(30-23(37)13-21(36)14-26(30)47-10-9-46-2)34-22(6-11-48-34)32(42-33)19-12-20-16-43(18-28(38)39)7-4-24(20)40-15-19/h3,6,11-15,28H,1,4-5,7-10,16-18H2,2H3. The highest BCUT2D eigenvalue weighted by Crippen LogP contribution is 2.48. The van der Waals surface area contributed by atoms with Crippen molar-refractivity contribution in [3.63, 3.8) is 0 Å². The average molecular weight is 710 g/mol. The Kier molecular flexibility index (Phi) is 9.46. The minimum Gasteiger partial charge on any atom is -0.490 e. The molecule has 6 heterocycles. The molecule has 2 aliphatic rings. The number of hydrogen-bond donors (Lipinski definition) is 0. The largest absolute Gasteiger partial charge is 0.490 e. The van der Waals surface area contributed by atoms with Crippen molar-refractivity contribution < 1.29 is 31.8 Å². The molecule has 7 rings (SSSR count). The lowest BCUT2D eigenvalue weighted by atomic mass is 9.97. The van der Waals surface area contributed by atoms with Crippen LogP contribution in [0.3, 0.4) is 0 Å². The van der Waals surface area contributed by atoms with Gasteiger partial charge in [-0.2, -0.15) is 0 Å². The summed E-state index contributed by atoms with van der Waals surface area (Å²) < 4.78 is 68.9. The molecule has 8 nitrogen and oxygen atoms in total. The number of benzene rings is 1. The van der Waals surface area contributed by atoms with Gasteiger partial charge in [-0.1, -0.05) is 6.58 Å². The maximum Gasteiger partial charge on any atom is 0.251 e. The second-order valence-corrected chi connectivity index (χ2v) is 13.8. The number of fused-ring (bicyclic) bond motifs is 3. The van der Waals surface area contributed by atoms with E-state index in [1.807, 2.05) is 17.5 Å². The Labute approximate surface area is 287 Å². The number of ether oxygens (including phenoxy) is 2. The zero-order chi connectivity index (χ0) is 34.2. The molecule has 0 fully saturated rings. The second-order valence-electron chi connectivity index (χ2n) is 11.8. The number of carbonyl (C=O) groups excluding carboxylic acids is 1. The van der Waals surface area contributed by atoms with Gasteiger partial charge in [-0.3, -0.25) is 14.7 Å². The first kappa shape index (κ1) is 33.3. The van der Waals surface area contributed by atoms with Gasteiger partial charge in [-0.05, 0) is 29.2 Å². The van der Waals surface area contributed by atoms with Crippen LogP contribution in [0, 0.1) is 11.6 Å². The molecular weight excluding hydrogens is 679 g/mol. The smallest absolute Gasteiger partial charge is 0.251 e. The van der Waals surface area contributed by atoms with E-state index in [1.165, 1.54) is 35.9 Å². The predicted molar refractivity (Wildman–Crippen MR) is 181 cm³/mol. The van der Waals surface area contributed by atoms with Crippen molar-refractivity contribution in [2.75, 3.05) is 40.0 Å². The van der Waals surface area contributed by atoms with Crippen molar-refractivity contribution >= 4 is 38.7 Å². The quantitative estimate of drug-likeness (QED) is 0.0867. The first-order chi connectivity index (χ1) is 23.7. The van der Waals surface area contributed by atoms with E-state index in [-0.39, 0.29) is 37.0 Å². The number of carbonyl (C=O) groups is 1. The molecule has 1 amide bonds. The summed E-state index contributed by atoms with van der Waals surface area (Å²) in [6.07, 6.45) is 1.65.